The normalized spacial score (nSPS) is 17.6. The molecular formula is C4H13N5O2. The van der Waals surface area contributed by atoms with E-state index in [-0.39, 0.29) is 4.97 Å². The minimum atomic E-state index is -0.594. The Morgan fingerprint density at radius 1 is 1.45 bits per heavy atom. The second-order valence-corrected chi connectivity index (χ2v) is 2.20. The van der Waals surface area contributed by atoms with E-state index in [0.29, 0.717) is 0 Å². The third kappa shape index (κ3) is 2.56. The molecule has 0 aromatic carbocycles. The molecule has 5 N–H and O–H groups in total. The average molecular weight is 163 g/mol. The fourth-order valence-corrected chi connectivity index (χ4v) is 0.729. The van der Waals surface area contributed by atoms with Crippen molar-refractivity contribution >= 4 is 0 Å². The quantitative estimate of drug-likeness (QED) is 0.217. The Hall–Kier alpha value is -1.08. The maximum atomic E-state index is 10.7. The number of hydrogen-bond acceptors (Lipinski definition) is 4. The largest absolute Gasteiger partial charge is 0.569 e. The summed E-state index contributed by atoms with van der Waals surface area (Å²) in [7, 11) is 0. The zero-order valence-electron chi connectivity index (χ0n) is 6.51. The summed E-state index contributed by atoms with van der Waals surface area (Å²) in [5.41, 5.74) is 10.7. The van der Waals surface area contributed by atoms with Crippen molar-refractivity contribution in [3.05, 3.63) is 5.21 Å². The summed E-state index contributed by atoms with van der Waals surface area (Å²) in [6, 6.07) is 0. The van der Waals surface area contributed by atoms with Gasteiger partial charge in [0.15, 0.2) is 0 Å². The molecule has 11 heavy (non-hydrogen) atoms. The molecule has 0 spiro atoms. The van der Waals surface area contributed by atoms with Crippen LogP contribution in [0.1, 0.15) is 13.8 Å². The SMILES string of the molecule is CC(N)N(C(C)N)[N+]([O-])=NO. The molecule has 0 saturated carbocycles. The highest BCUT2D eigenvalue weighted by molar-refractivity contribution is 4.52. The van der Waals surface area contributed by atoms with E-state index in [4.69, 9.17) is 16.7 Å². The van der Waals surface area contributed by atoms with Gasteiger partial charge in [0.05, 0.1) is 4.97 Å². The topological polar surface area (TPSA) is 114 Å². The van der Waals surface area contributed by atoms with E-state index in [1.807, 2.05) is 0 Å². The first-order chi connectivity index (χ1) is 5.00. The highest BCUT2D eigenvalue weighted by atomic mass is 16.6. The van der Waals surface area contributed by atoms with Crippen LogP contribution in [0.15, 0.2) is 5.28 Å². The lowest BCUT2D eigenvalue weighted by Crippen LogP contribution is -2.52. The van der Waals surface area contributed by atoms with Crippen LogP contribution < -0.4 is 11.5 Å². The Balaban J connectivity index is 4.35. The van der Waals surface area contributed by atoms with Crippen molar-refractivity contribution in [3.63, 3.8) is 0 Å². The van der Waals surface area contributed by atoms with Crippen LogP contribution in [0.5, 0.6) is 0 Å². The highest BCUT2D eigenvalue weighted by Crippen LogP contribution is 1.96. The molecule has 2 atom stereocenters. The molecule has 7 heteroatoms. The predicted molar refractivity (Wildman–Crippen MR) is 37.0 cm³/mol. The minimum absolute atomic E-state index is 0.0463. The monoisotopic (exact) mass is 163 g/mol. The summed E-state index contributed by atoms with van der Waals surface area (Å²) >= 11 is 0. The van der Waals surface area contributed by atoms with Crippen LogP contribution in [0, 0.1) is 5.21 Å². The first kappa shape index (κ1) is 9.92. The third-order valence-corrected chi connectivity index (χ3v) is 1.11. The molecule has 0 aliphatic carbocycles. The summed E-state index contributed by atoms with van der Waals surface area (Å²) in [6.45, 7) is 3.11. The molecule has 2 unspecified atom stereocenters. The first-order valence-electron chi connectivity index (χ1n) is 3.12. The van der Waals surface area contributed by atoms with Crippen LogP contribution in [-0.4, -0.2) is 27.5 Å². The number of nitrogens with zero attached hydrogens (tertiary/aromatic N) is 3. The molecule has 7 nitrogen and oxygen atoms in total. The van der Waals surface area contributed by atoms with Crippen LogP contribution >= 0.6 is 0 Å². The molecule has 0 aliphatic heterocycles. The molecule has 0 fully saturated rings. The van der Waals surface area contributed by atoms with Gasteiger partial charge in [0, 0.05) is 0 Å². The van der Waals surface area contributed by atoms with E-state index in [2.05, 4.69) is 5.28 Å². The van der Waals surface area contributed by atoms with Gasteiger partial charge in [-0.05, 0) is 13.8 Å². The number of hydrogen-bond donors (Lipinski definition) is 3. The first-order valence-corrected chi connectivity index (χ1v) is 3.12. The summed E-state index contributed by atoms with van der Waals surface area (Å²) in [5, 5.41) is 22.1. The standard InChI is InChI=1S/C4H13N5O2/c1-3(5)8(4(2)6)9(11)7-10/h3-4,10H,5-6H2,1-2H3. The lowest BCUT2D eigenvalue weighted by molar-refractivity contribution is -0.723. The Labute approximate surface area is 64.4 Å². The average Bonchev–Trinajstić information content (AvgIpc) is 1.85. The maximum absolute atomic E-state index is 10.7. The van der Waals surface area contributed by atoms with Gasteiger partial charge in [-0.3, -0.25) is 0 Å². The summed E-state index contributed by atoms with van der Waals surface area (Å²) in [5.74, 6) is 0. The van der Waals surface area contributed by atoms with Gasteiger partial charge in [-0.2, -0.15) is 0 Å². The van der Waals surface area contributed by atoms with E-state index >= 15 is 0 Å². The molecule has 66 valence electrons. The Kier molecular flexibility index (Phi) is 3.55. The third-order valence-electron chi connectivity index (χ3n) is 1.11. The summed E-state index contributed by atoms with van der Waals surface area (Å²) < 4.78 is 0. The minimum Gasteiger partial charge on any atom is -0.569 e. The van der Waals surface area contributed by atoms with Gasteiger partial charge in [-0.1, -0.05) is 0 Å². The van der Waals surface area contributed by atoms with Gasteiger partial charge in [0.2, 0.25) is 5.28 Å². The summed E-state index contributed by atoms with van der Waals surface area (Å²) in [4.78, 5) is -0.0463. The lowest BCUT2D eigenvalue weighted by Gasteiger charge is -2.23. The van der Waals surface area contributed by atoms with Crippen LogP contribution in [0.25, 0.3) is 0 Å². The molecule has 0 radical (unpaired) electrons. The van der Waals surface area contributed by atoms with Gasteiger partial charge in [-0.25, -0.2) is 0 Å². The lowest BCUT2D eigenvalue weighted by atomic mass is 10.5. The molecule has 0 saturated heterocycles. The van der Waals surface area contributed by atoms with Crippen molar-refractivity contribution in [1.29, 1.82) is 0 Å². The van der Waals surface area contributed by atoms with E-state index in [0.717, 1.165) is 5.01 Å². The van der Waals surface area contributed by atoms with Gasteiger partial charge in [0.25, 0.3) is 0 Å². The molecule has 0 aliphatic rings. The zero-order valence-corrected chi connectivity index (χ0v) is 6.51. The van der Waals surface area contributed by atoms with Gasteiger partial charge < -0.3 is 21.9 Å². The Bertz CT molecular complexity index is 137. The van der Waals surface area contributed by atoms with Gasteiger partial charge in [-0.15, -0.1) is 5.01 Å². The molecule has 0 aromatic heterocycles. The molecule has 0 heterocycles. The Morgan fingerprint density at radius 2 is 1.82 bits per heavy atom. The number of hydrazine groups is 1. The molecular weight excluding hydrogens is 150 g/mol. The number of rotatable bonds is 3. The van der Waals surface area contributed by atoms with Crippen molar-refractivity contribution in [2.45, 2.75) is 26.2 Å². The maximum Gasteiger partial charge on any atom is 0.230 e. The second kappa shape index (κ2) is 3.94. The Morgan fingerprint density at radius 3 is 1.91 bits per heavy atom. The van der Waals surface area contributed by atoms with Crippen molar-refractivity contribution in [1.82, 2.24) is 5.01 Å². The van der Waals surface area contributed by atoms with E-state index < -0.39 is 12.3 Å². The van der Waals surface area contributed by atoms with Gasteiger partial charge >= 0.3 is 0 Å². The second-order valence-electron chi connectivity index (χ2n) is 2.20. The molecule has 0 rings (SSSR count). The summed E-state index contributed by atoms with van der Waals surface area (Å²) in [6.07, 6.45) is -1.19. The number of nitrogens with two attached hydrogens (primary N) is 2. The smallest absolute Gasteiger partial charge is 0.230 e. The van der Waals surface area contributed by atoms with Gasteiger partial charge in [0.1, 0.15) is 12.3 Å². The fraction of sp³-hybridized carbons (Fsp3) is 1.00. The predicted octanol–water partition coefficient (Wildman–Crippen LogP) is -0.835. The van der Waals surface area contributed by atoms with E-state index in [1.54, 1.807) is 13.8 Å². The van der Waals surface area contributed by atoms with Crippen LogP contribution in [-0.2, 0) is 0 Å². The van der Waals surface area contributed by atoms with Crippen molar-refractivity contribution in [2.75, 3.05) is 0 Å². The van der Waals surface area contributed by atoms with Crippen LogP contribution in [0.3, 0.4) is 0 Å². The van der Waals surface area contributed by atoms with Crippen LogP contribution in [0.4, 0.5) is 0 Å². The zero-order chi connectivity index (χ0) is 9.02. The van der Waals surface area contributed by atoms with E-state index in [9.17, 15) is 5.21 Å². The molecule has 0 amide bonds. The van der Waals surface area contributed by atoms with E-state index in [1.165, 1.54) is 0 Å². The van der Waals surface area contributed by atoms with Crippen molar-refractivity contribution in [3.8, 4) is 0 Å². The molecule has 0 aromatic rings. The van der Waals surface area contributed by atoms with Crippen molar-refractivity contribution in [2.24, 2.45) is 16.7 Å². The highest BCUT2D eigenvalue weighted by Gasteiger charge is 2.21. The fourth-order valence-electron chi connectivity index (χ4n) is 0.729. The molecule has 0 bridgehead atoms. The van der Waals surface area contributed by atoms with Crippen molar-refractivity contribution < 1.29 is 10.2 Å². The van der Waals surface area contributed by atoms with Crippen LogP contribution in [0.2, 0.25) is 0 Å².